The summed E-state index contributed by atoms with van der Waals surface area (Å²) in [6.45, 7) is 4.77. The number of aliphatic imine (C=N–C) groups is 1. The van der Waals surface area contributed by atoms with E-state index in [1.54, 1.807) is 27.5 Å². The van der Waals surface area contributed by atoms with Gasteiger partial charge in [0.1, 0.15) is 0 Å². The second-order valence-corrected chi connectivity index (χ2v) is 7.13. The molecular formula is C24H31N5O3. The highest BCUT2D eigenvalue weighted by Gasteiger charge is 2.13. The first-order chi connectivity index (χ1) is 15.7. The van der Waals surface area contributed by atoms with E-state index in [0.717, 1.165) is 24.6 Å². The van der Waals surface area contributed by atoms with Crippen molar-refractivity contribution in [1.82, 2.24) is 20.2 Å². The minimum absolute atomic E-state index is 0.468. The molecular weight excluding hydrogens is 406 g/mol. The number of hydrogen-bond acceptors (Lipinski definition) is 5. The van der Waals surface area contributed by atoms with Crippen molar-refractivity contribution in [1.29, 1.82) is 0 Å². The third-order valence-corrected chi connectivity index (χ3v) is 4.90. The molecule has 0 saturated carbocycles. The predicted molar refractivity (Wildman–Crippen MR) is 126 cm³/mol. The number of imidazole rings is 1. The van der Waals surface area contributed by atoms with Gasteiger partial charge in [0.2, 0.25) is 5.75 Å². The molecule has 0 aliphatic carbocycles. The maximum absolute atomic E-state index is 5.43. The molecule has 0 unspecified atom stereocenters. The lowest BCUT2D eigenvalue weighted by molar-refractivity contribution is 0.324. The van der Waals surface area contributed by atoms with E-state index in [2.05, 4.69) is 39.9 Å². The van der Waals surface area contributed by atoms with Crippen LogP contribution in [0.15, 0.2) is 60.1 Å². The fraction of sp³-hybridized carbons (Fsp3) is 0.333. The molecule has 0 spiro atoms. The quantitative estimate of drug-likeness (QED) is 0.374. The van der Waals surface area contributed by atoms with Crippen LogP contribution < -0.4 is 24.8 Å². The third kappa shape index (κ3) is 6.16. The Balaban J connectivity index is 1.64. The zero-order chi connectivity index (χ0) is 22.8. The summed E-state index contributed by atoms with van der Waals surface area (Å²) in [6.07, 6.45) is 5.57. The molecule has 8 heteroatoms. The van der Waals surface area contributed by atoms with Crippen molar-refractivity contribution in [2.24, 2.45) is 4.99 Å². The van der Waals surface area contributed by atoms with E-state index in [-0.39, 0.29) is 0 Å². The van der Waals surface area contributed by atoms with Crippen molar-refractivity contribution in [3.8, 4) is 17.2 Å². The normalized spacial score (nSPS) is 11.2. The summed E-state index contributed by atoms with van der Waals surface area (Å²) in [5.74, 6) is 2.55. The lowest BCUT2D eigenvalue weighted by Gasteiger charge is -2.14. The number of guanidine groups is 1. The van der Waals surface area contributed by atoms with E-state index in [9.17, 15) is 0 Å². The van der Waals surface area contributed by atoms with Crippen molar-refractivity contribution in [3.05, 3.63) is 71.8 Å². The minimum atomic E-state index is 0.468. The highest BCUT2D eigenvalue weighted by Crippen LogP contribution is 2.38. The smallest absolute Gasteiger partial charge is 0.203 e. The SMILES string of the molecule is CCNC(=NCc1cc(OC)c(OC)c(OC)c1)NCc1ccc(Cn2ccnc2)cc1. The first-order valence-corrected chi connectivity index (χ1v) is 10.5. The van der Waals surface area contributed by atoms with Gasteiger partial charge in [-0.2, -0.15) is 0 Å². The van der Waals surface area contributed by atoms with Gasteiger partial charge in [-0.3, -0.25) is 0 Å². The van der Waals surface area contributed by atoms with E-state index in [0.29, 0.717) is 30.3 Å². The molecule has 0 amide bonds. The Morgan fingerprint density at radius 2 is 1.62 bits per heavy atom. The van der Waals surface area contributed by atoms with Crippen LogP contribution in [0.2, 0.25) is 0 Å². The maximum atomic E-state index is 5.43. The highest BCUT2D eigenvalue weighted by atomic mass is 16.5. The summed E-state index contributed by atoms with van der Waals surface area (Å²) in [4.78, 5) is 8.79. The molecule has 1 heterocycles. The zero-order valence-corrected chi connectivity index (χ0v) is 19.1. The monoisotopic (exact) mass is 437 g/mol. The number of nitrogens with one attached hydrogen (secondary N) is 2. The van der Waals surface area contributed by atoms with Crippen molar-refractivity contribution >= 4 is 5.96 Å². The van der Waals surface area contributed by atoms with Gasteiger partial charge in [-0.1, -0.05) is 24.3 Å². The second-order valence-electron chi connectivity index (χ2n) is 7.13. The fourth-order valence-corrected chi connectivity index (χ4v) is 3.28. The van der Waals surface area contributed by atoms with Gasteiger partial charge < -0.3 is 29.4 Å². The van der Waals surface area contributed by atoms with Gasteiger partial charge in [0.05, 0.1) is 34.2 Å². The standard InChI is InChI=1S/C24H31N5O3/c1-5-26-24(28-15-20-12-21(30-2)23(32-4)22(13-20)31-3)27-14-18-6-8-19(9-7-18)16-29-11-10-25-17-29/h6-13,17H,5,14-16H2,1-4H3,(H2,26,27,28). The molecule has 0 bridgehead atoms. The Morgan fingerprint density at radius 3 is 2.19 bits per heavy atom. The molecule has 2 aromatic carbocycles. The second kappa shape index (κ2) is 11.6. The molecule has 0 radical (unpaired) electrons. The molecule has 0 saturated heterocycles. The number of benzene rings is 2. The first-order valence-electron chi connectivity index (χ1n) is 10.5. The summed E-state index contributed by atoms with van der Waals surface area (Å²) < 4.78 is 18.3. The van der Waals surface area contributed by atoms with Crippen LogP contribution in [0.5, 0.6) is 17.2 Å². The lowest BCUT2D eigenvalue weighted by atomic mass is 10.1. The van der Waals surface area contributed by atoms with E-state index in [4.69, 9.17) is 19.2 Å². The molecule has 170 valence electrons. The van der Waals surface area contributed by atoms with Crippen LogP contribution >= 0.6 is 0 Å². The third-order valence-electron chi connectivity index (χ3n) is 4.90. The molecule has 1 aromatic heterocycles. The minimum Gasteiger partial charge on any atom is -0.493 e. The van der Waals surface area contributed by atoms with Crippen molar-refractivity contribution in [2.75, 3.05) is 27.9 Å². The van der Waals surface area contributed by atoms with Crippen LogP contribution in [-0.4, -0.2) is 43.4 Å². The Bertz CT molecular complexity index is 976. The predicted octanol–water partition coefficient (Wildman–Crippen LogP) is 3.21. The maximum Gasteiger partial charge on any atom is 0.203 e. The van der Waals surface area contributed by atoms with E-state index in [1.165, 1.54) is 11.1 Å². The first kappa shape index (κ1) is 23.0. The average molecular weight is 438 g/mol. The number of nitrogens with zero attached hydrogens (tertiary/aromatic N) is 3. The number of aromatic nitrogens is 2. The number of hydrogen-bond donors (Lipinski definition) is 2. The van der Waals surface area contributed by atoms with Gasteiger partial charge in [0, 0.05) is 32.0 Å². The van der Waals surface area contributed by atoms with Gasteiger partial charge >= 0.3 is 0 Å². The summed E-state index contributed by atoms with van der Waals surface area (Å²) in [6, 6.07) is 12.3. The van der Waals surface area contributed by atoms with Gasteiger partial charge in [0.15, 0.2) is 17.5 Å². The summed E-state index contributed by atoms with van der Waals surface area (Å²) in [5.41, 5.74) is 3.37. The molecule has 0 aliphatic rings. The van der Waals surface area contributed by atoms with Crippen molar-refractivity contribution < 1.29 is 14.2 Å². The van der Waals surface area contributed by atoms with Gasteiger partial charge in [-0.25, -0.2) is 9.98 Å². The van der Waals surface area contributed by atoms with Crippen LogP contribution in [0.25, 0.3) is 0 Å². The molecule has 2 N–H and O–H groups in total. The van der Waals surface area contributed by atoms with Crippen LogP contribution in [0.4, 0.5) is 0 Å². The van der Waals surface area contributed by atoms with E-state index >= 15 is 0 Å². The summed E-state index contributed by atoms with van der Waals surface area (Å²) in [7, 11) is 4.81. The van der Waals surface area contributed by atoms with Crippen molar-refractivity contribution in [3.63, 3.8) is 0 Å². The molecule has 3 aromatic rings. The number of rotatable bonds is 10. The Labute approximate surface area is 189 Å². The molecule has 32 heavy (non-hydrogen) atoms. The molecule has 3 rings (SSSR count). The summed E-state index contributed by atoms with van der Waals surface area (Å²) in [5, 5.41) is 6.67. The number of ether oxygens (including phenoxy) is 3. The van der Waals surface area contributed by atoms with Crippen LogP contribution in [0.1, 0.15) is 23.6 Å². The molecule has 8 nitrogen and oxygen atoms in total. The summed E-state index contributed by atoms with van der Waals surface area (Å²) >= 11 is 0. The molecule has 0 atom stereocenters. The Kier molecular flexibility index (Phi) is 8.36. The topological polar surface area (TPSA) is 81.9 Å². The Hall–Kier alpha value is -3.68. The van der Waals surface area contributed by atoms with Crippen LogP contribution in [0.3, 0.4) is 0 Å². The molecule has 0 aliphatic heterocycles. The van der Waals surface area contributed by atoms with Crippen LogP contribution in [-0.2, 0) is 19.6 Å². The lowest BCUT2D eigenvalue weighted by Crippen LogP contribution is -2.36. The van der Waals surface area contributed by atoms with Crippen molar-refractivity contribution in [2.45, 2.75) is 26.6 Å². The van der Waals surface area contributed by atoms with Gasteiger partial charge in [0.25, 0.3) is 0 Å². The highest BCUT2D eigenvalue weighted by molar-refractivity contribution is 5.79. The Morgan fingerprint density at radius 1 is 0.938 bits per heavy atom. The van der Waals surface area contributed by atoms with E-state index in [1.807, 2.05) is 36.1 Å². The van der Waals surface area contributed by atoms with Gasteiger partial charge in [-0.15, -0.1) is 0 Å². The van der Waals surface area contributed by atoms with E-state index < -0.39 is 0 Å². The molecule has 0 fully saturated rings. The largest absolute Gasteiger partial charge is 0.493 e. The van der Waals surface area contributed by atoms with Gasteiger partial charge in [-0.05, 0) is 35.7 Å². The fourth-order valence-electron chi connectivity index (χ4n) is 3.28. The van der Waals surface area contributed by atoms with Crippen LogP contribution in [0, 0.1) is 0 Å². The zero-order valence-electron chi connectivity index (χ0n) is 19.1. The number of methoxy groups -OCH3 is 3. The average Bonchev–Trinajstić information content (AvgIpc) is 3.34.